The van der Waals surface area contributed by atoms with Crippen molar-refractivity contribution in [1.29, 1.82) is 0 Å². The lowest BCUT2D eigenvalue weighted by Crippen LogP contribution is -2.05. The quantitative estimate of drug-likeness (QED) is 0.633. The molecule has 0 radical (unpaired) electrons. The van der Waals surface area contributed by atoms with Crippen molar-refractivity contribution in [1.82, 2.24) is 0 Å². The first-order valence-electron chi connectivity index (χ1n) is 7.60. The SMILES string of the molecule is Cc1ccc(COC(=O)c2ccc(-c3ccccc3)cc2)cc1. The number of ether oxygens (including phenoxy) is 1. The van der Waals surface area contributed by atoms with Crippen LogP contribution < -0.4 is 0 Å². The molecule has 0 bridgehead atoms. The number of aryl methyl sites for hydroxylation is 1. The average molecular weight is 302 g/mol. The number of hydrogen-bond donors (Lipinski definition) is 0. The van der Waals surface area contributed by atoms with Crippen LogP contribution in [0.5, 0.6) is 0 Å². The van der Waals surface area contributed by atoms with Gasteiger partial charge in [0.25, 0.3) is 0 Å². The van der Waals surface area contributed by atoms with Gasteiger partial charge in [0.15, 0.2) is 0 Å². The lowest BCUT2D eigenvalue weighted by molar-refractivity contribution is 0.0473. The lowest BCUT2D eigenvalue weighted by atomic mass is 10.0. The van der Waals surface area contributed by atoms with E-state index in [1.54, 1.807) is 12.1 Å². The molecule has 0 amide bonds. The summed E-state index contributed by atoms with van der Waals surface area (Å²) >= 11 is 0. The van der Waals surface area contributed by atoms with Gasteiger partial charge in [-0.3, -0.25) is 0 Å². The number of esters is 1. The molecule has 0 saturated carbocycles. The second-order valence-corrected chi connectivity index (χ2v) is 5.51. The Morgan fingerprint density at radius 3 is 2.04 bits per heavy atom. The van der Waals surface area contributed by atoms with Gasteiger partial charge in [0.05, 0.1) is 5.56 Å². The minimum absolute atomic E-state index is 0.291. The van der Waals surface area contributed by atoms with Gasteiger partial charge in [0.1, 0.15) is 6.61 Å². The molecular weight excluding hydrogens is 284 g/mol. The summed E-state index contributed by atoms with van der Waals surface area (Å²) in [6.45, 7) is 2.32. The first-order chi connectivity index (χ1) is 11.2. The molecule has 23 heavy (non-hydrogen) atoms. The Bertz CT molecular complexity index is 772. The molecule has 3 aromatic rings. The third kappa shape index (κ3) is 3.86. The third-order valence-corrected chi connectivity index (χ3v) is 3.72. The predicted octanol–water partition coefficient (Wildman–Crippen LogP) is 5.02. The van der Waals surface area contributed by atoms with Crippen LogP contribution in [0.15, 0.2) is 78.9 Å². The minimum Gasteiger partial charge on any atom is -0.457 e. The zero-order chi connectivity index (χ0) is 16.1. The van der Waals surface area contributed by atoms with E-state index >= 15 is 0 Å². The van der Waals surface area contributed by atoms with Crippen molar-refractivity contribution in [2.45, 2.75) is 13.5 Å². The molecule has 0 spiro atoms. The summed E-state index contributed by atoms with van der Waals surface area (Å²) in [4.78, 5) is 12.1. The van der Waals surface area contributed by atoms with Gasteiger partial charge in [-0.1, -0.05) is 72.3 Å². The van der Waals surface area contributed by atoms with Gasteiger partial charge in [-0.15, -0.1) is 0 Å². The molecule has 0 fully saturated rings. The Morgan fingerprint density at radius 2 is 1.39 bits per heavy atom. The molecule has 3 aromatic carbocycles. The zero-order valence-corrected chi connectivity index (χ0v) is 13.0. The highest BCUT2D eigenvalue weighted by Gasteiger charge is 2.07. The van der Waals surface area contributed by atoms with Crippen LogP contribution in [0.1, 0.15) is 21.5 Å². The molecule has 0 aromatic heterocycles. The van der Waals surface area contributed by atoms with Crippen LogP contribution in [0.4, 0.5) is 0 Å². The predicted molar refractivity (Wildman–Crippen MR) is 92.2 cm³/mol. The Kier molecular flexibility index (Phi) is 4.53. The highest BCUT2D eigenvalue weighted by atomic mass is 16.5. The van der Waals surface area contributed by atoms with Gasteiger partial charge < -0.3 is 4.74 Å². The van der Waals surface area contributed by atoms with Gasteiger partial charge in [0.2, 0.25) is 0 Å². The van der Waals surface area contributed by atoms with E-state index in [4.69, 9.17) is 4.74 Å². The monoisotopic (exact) mass is 302 g/mol. The largest absolute Gasteiger partial charge is 0.457 e. The van der Waals surface area contributed by atoms with E-state index in [0.717, 1.165) is 16.7 Å². The molecule has 0 N–H and O–H groups in total. The van der Waals surface area contributed by atoms with Crippen molar-refractivity contribution in [2.24, 2.45) is 0 Å². The van der Waals surface area contributed by atoms with E-state index in [1.165, 1.54) is 5.56 Å². The zero-order valence-electron chi connectivity index (χ0n) is 13.0. The van der Waals surface area contributed by atoms with Crippen LogP contribution in [-0.2, 0) is 11.3 Å². The topological polar surface area (TPSA) is 26.3 Å². The summed E-state index contributed by atoms with van der Waals surface area (Å²) in [5.41, 5.74) is 4.96. The van der Waals surface area contributed by atoms with Crippen molar-refractivity contribution < 1.29 is 9.53 Å². The summed E-state index contributed by atoms with van der Waals surface area (Å²) in [5, 5.41) is 0. The maximum Gasteiger partial charge on any atom is 0.338 e. The fourth-order valence-corrected chi connectivity index (χ4v) is 2.35. The molecule has 0 unspecified atom stereocenters. The lowest BCUT2D eigenvalue weighted by Gasteiger charge is -2.06. The number of benzene rings is 3. The van der Waals surface area contributed by atoms with E-state index in [0.29, 0.717) is 12.2 Å². The molecule has 2 heteroatoms. The molecule has 0 aliphatic carbocycles. The number of rotatable bonds is 4. The van der Waals surface area contributed by atoms with E-state index < -0.39 is 0 Å². The fourth-order valence-electron chi connectivity index (χ4n) is 2.35. The molecule has 0 saturated heterocycles. The van der Waals surface area contributed by atoms with Gasteiger partial charge in [-0.05, 0) is 35.7 Å². The van der Waals surface area contributed by atoms with E-state index in [1.807, 2.05) is 73.7 Å². The minimum atomic E-state index is -0.301. The molecule has 114 valence electrons. The Labute approximate surface area is 136 Å². The number of carbonyl (C=O) groups excluding carboxylic acids is 1. The molecule has 3 rings (SSSR count). The first kappa shape index (κ1) is 15.0. The summed E-state index contributed by atoms with van der Waals surface area (Å²) in [5.74, 6) is -0.301. The summed E-state index contributed by atoms with van der Waals surface area (Å²) < 4.78 is 5.36. The Hall–Kier alpha value is -2.87. The summed E-state index contributed by atoms with van der Waals surface area (Å²) in [6, 6.07) is 25.5. The second-order valence-electron chi connectivity index (χ2n) is 5.51. The van der Waals surface area contributed by atoms with Gasteiger partial charge in [-0.2, -0.15) is 0 Å². The molecular formula is C21H18O2. The van der Waals surface area contributed by atoms with Crippen molar-refractivity contribution in [3.05, 3.63) is 95.6 Å². The highest BCUT2D eigenvalue weighted by molar-refractivity contribution is 5.90. The second kappa shape index (κ2) is 6.93. The molecule has 0 heterocycles. The van der Waals surface area contributed by atoms with Crippen molar-refractivity contribution in [2.75, 3.05) is 0 Å². The summed E-state index contributed by atoms with van der Waals surface area (Å²) in [6.07, 6.45) is 0. The Morgan fingerprint density at radius 1 is 0.783 bits per heavy atom. The molecule has 0 aliphatic heterocycles. The normalized spacial score (nSPS) is 10.3. The van der Waals surface area contributed by atoms with Crippen LogP contribution in [0.2, 0.25) is 0 Å². The van der Waals surface area contributed by atoms with Crippen molar-refractivity contribution >= 4 is 5.97 Å². The van der Waals surface area contributed by atoms with E-state index in [2.05, 4.69) is 0 Å². The molecule has 0 aliphatic rings. The summed E-state index contributed by atoms with van der Waals surface area (Å²) in [7, 11) is 0. The maximum atomic E-state index is 12.1. The highest BCUT2D eigenvalue weighted by Crippen LogP contribution is 2.19. The maximum absolute atomic E-state index is 12.1. The smallest absolute Gasteiger partial charge is 0.338 e. The third-order valence-electron chi connectivity index (χ3n) is 3.72. The van der Waals surface area contributed by atoms with Crippen LogP contribution in [0.25, 0.3) is 11.1 Å². The number of hydrogen-bond acceptors (Lipinski definition) is 2. The van der Waals surface area contributed by atoms with Gasteiger partial charge in [-0.25, -0.2) is 4.79 Å². The first-order valence-corrected chi connectivity index (χ1v) is 7.60. The van der Waals surface area contributed by atoms with Crippen LogP contribution >= 0.6 is 0 Å². The molecule has 0 atom stereocenters. The van der Waals surface area contributed by atoms with Gasteiger partial charge >= 0.3 is 5.97 Å². The number of carbonyl (C=O) groups is 1. The average Bonchev–Trinajstić information content (AvgIpc) is 2.62. The molecule has 2 nitrogen and oxygen atoms in total. The van der Waals surface area contributed by atoms with E-state index in [9.17, 15) is 4.79 Å². The van der Waals surface area contributed by atoms with Crippen LogP contribution in [0.3, 0.4) is 0 Å². The van der Waals surface area contributed by atoms with Crippen molar-refractivity contribution in [3.63, 3.8) is 0 Å². The van der Waals surface area contributed by atoms with Crippen LogP contribution in [0, 0.1) is 6.92 Å². The van der Waals surface area contributed by atoms with Gasteiger partial charge in [0, 0.05) is 0 Å². The van der Waals surface area contributed by atoms with Crippen molar-refractivity contribution in [3.8, 4) is 11.1 Å². The van der Waals surface area contributed by atoms with Crippen LogP contribution in [-0.4, -0.2) is 5.97 Å². The fraction of sp³-hybridized carbons (Fsp3) is 0.0952. The standard InChI is InChI=1S/C21H18O2/c1-16-7-9-17(10-8-16)15-23-21(22)20-13-11-19(12-14-20)18-5-3-2-4-6-18/h2-14H,15H2,1H3. The van der Waals surface area contributed by atoms with E-state index in [-0.39, 0.29) is 5.97 Å². The Balaban J connectivity index is 1.65.